The first-order valence-corrected chi connectivity index (χ1v) is 4.61. The molecule has 1 aromatic heterocycles. The highest BCUT2D eigenvalue weighted by atomic mass is 16.7. The van der Waals surface area contributed by atoms with Crippen LogP contribution < -0.4 is 4.84 Å². The molecule has 14 heavy (non-hydrogen) atoms. The van der Waals surface area contributed by atoms with E-state index in [1.807, 2.05) is 24.3 Å². The number of aromatic nitrogens is 2. The highest BCUT2D eigenvalue weighted by Crippen LogP contribution is 2.12. The van der Waals surface area contributed by atoms with Gasteiger partial charge < -0.3 is 9.57 Å². The number of epoxide rings is 1. The molecule has 3 rings (SSSR count). The van der Waals surface area contributed by atoms with Gasteiger partial charge in [0.25, 0.3) is 0 Å². The van der Waals surface area contributed by atoms with Crippen LogP contribution in [0, 0.1) is 0 Å². The summed E-state index contributed by atoms with van der Waals surface area (Å²) in [7, 11) is 0. The first-order chi connectivity index (χ1) is 6.93. The molecule has 2 heterocycles. The maximum Gasteiger partial charge on any atom is 0.145 e. The molecule has 0 spiro atoms. The minimum absolute atomic E-state index is 0.262. The lowest BCUT2D eigenvalue weighted by Crippen LogP contribution is -2.17. The Morgan fingerprint density at radius 1 is 1.50 bits per heavy atom. The standard InChI is InChI=1S/C10H10N2O2/c1-2-4-10-8(3-1)5-11-12(10)14-7-9-6-13-9/h1-5,9H,6-7H2. The predicted molar refractivity (Wildman–Crippen MR) is 50.9 cm³/mol. The molecule has 1 aromatic carbocycles. The summed E-state index contributed by atoms with van der Waals surface area (Å²) in [6.45, 7) is 1.38. The van der Waals surface area contributed by atoms with Gasteiger partial charge in [-0.2, -0.15) is 0 Å². The minimum Gasteiger partial charge on any atom is -0.393 e. The molecule has 1 fully saturated rings. The van der Waals surface area contributed by atoms with Gasteiger partial charge in [-0.15, -0.1) is 5.10 Å². The van der Waals surface area contributed by atoms with Gasteiger partial charge in [-0.05, 0) is 6.07 Å². The zero-order valence-electron chi connectivity index (χ0n) is 7.59. The third-order valence-electron chi connectivity index (χ3n) is 2.23. The molecule has 0 bridgehead atoms. The molecule has 2 aromatic rings. The number of hydrogen-bond acceptors (Lipinski definition) is 3. The number of nitrogens with zero attached hydrogens (tertiary/aromatic N) is 2. The Hall–Kier alpha value is -1.55. The highest BCUT2D eigenvalue weighted by molar-refractivity contribution is 5.77. The van der Waals surface area contributed by atoms with Crippen LogP contribution in [0.2, 0.25) is 0 Å². The van der Waals surface area contributed by atoms with Crippen molar-refractivity contribution in [1.82, 2.24) is 9.94 Å². The van der Waals surface area contributed by atoms with Gasteiger partial charge in [0.05, 0.1) is 12.8 Å². The summed E-state index contributed by atoms with van der Waals surface area (Å²) < 4.78 is 5.05. The van der Waals surface area contributed by atoms with E-state index in [-0.39, 0.29) is 6.10 Å². The van der Waals surface area contributed by atoms with Gasteiger partial charge in [0, 0.05) is 5.39 Å². The summed E-state index contributed by atoms with van der Waals surface area (Å²) in [6.07, 6.45) is 2.06. The maximum atomic E-state index is 5.46. The van der Waals surface area contributed by atoms with Crippen molar-refractivity contribution >= 4 is 10.9 Å². The van der Waals surface area contributed by atoms with Crippen LogP contribution in [0.1, 0.15) is 0 Å². The van der Waals surface area contributed by atoms with Gasteiger partial charge in [0.15, 0.2) is 0 Å². The fourth-order valence-corrected chi connectivity index (χ4v) is 1.37. The molecule has 0 saturated carbocycles. The Morgan fingerprint density at radius 2 is 2.36 bits per heavy atom. The molecule has 1 aliphatic rings. The Kier molecular flexibility index (Phi) is 1.67. The lowest BCUT2D eigenvalue weighted by Gasteiger charge is -2.03. The summed E-state index contributed by atoms with van der Waals surface area (Å²) >= 11 is 0. The molecular formula is C10H10N2O2. The predicted octanol–water partition coefficient (Wildman–Crippen LogP) is 0.864. The van der Waals surface area contributed by atoms with Gasteiger partial charge in [0.2, 0.25) is 0 Å². The van der Waals surface area contributed by atoms with Crippen molar-refractivity contribution in [3.63, 3.8) is 0 Å². The minimum atomic E-state index is 0.262. The smallest absolute Gasteiger partial charge is 0.145 e. The molecule has 1 atom stereocenters. The van der Waals surface area contributed by atoms with E-state index < -0.39 is 0 Å². The third kappa shape index (κ3) is 1.33. The van der Waals surface area contributed by atoms with Crippen LogP contribution in [0.5, 0.6) is 0 Å². The van der Waals surface area contributed by atoms with E-state index in [9.17, 15) is 0 Å². The summed E-state index contributed by atoms with van der Waals surface area (Å²) in [5.74, 6) is 0. The van der Waals surface area contributed by atoms with Gasteiger partial charge in [-0.1, -0.05) is 23.0 Å². The van der Waals surface area contributed by atoms with Crippen LogP contribution in [0.4, 0.5) is 0 Å². The summed E-state index contributed by atoms with van der Waals surface area (Å²) in [5, 5.41) is 5.22. The Bertz CT molecular complexity index is 448. The van der Waals surface area contributed by atoms with E-state index in [1.165, 1.54) is 0 Å². The molecule has 0 N–H and O–H groups in total. The Labute approximate surface area is 81.0 Å². The number of fused-ring (bicyclic) bond motifs is 1. The second kappa shape index (κ2) is 2.99. The number of rotatable bonds is 3. The molecule has 0 radical (unpaired) electrons. The second-order valence-corrected chi connectivity index (χ2v) is 3.33. The zero-order chi connectivity index (χ0) is 9.38. The highest BCUT2D eigenvalue weighted by Gasteiger charge is 2.23. The van der Waals surface area contributed by atoms with E-state index in [2.05, 4.69) is 5.10 Å². The van der Waals surface area contributed by atoms with Crippen LogP contribution in [-0.2, 0) is 4.74 Å². The number of benzene rings is 1. The average molecular weight is 190 g/mol. The number of hydrogen-bond donors (Lipinski definition) is 0. The van der Waals surface area contributed by atoms with E-state index in [1.54, 1.807) is 11.0 Å². The Balaban J connectivity index is 1.87. The van der Waals surface area contributed by atoms with Crippen LogP contribution in [0.25, 0.3) is 10.9 Å². The SMILES string of the molecule is c1ccc2c(c1)cnn2OCC1CO1. The molecule has 4 heteroatoms. The van der Waals surface area contributed by atoms with Crippen molar-refractivity contribution in [2.45, 2.75) is 6.10 Å². The monoisotopic (exact) mass is 190 g/mol. The van der Waals surface area contributed by atoms with Gasteiger partial charge in [-0.3, -0.25) is 0 Å². The van der Waals surface area contributed by atoms with Crippen LogP contribution in [-0.4, -0.2) is 29.3 Å². The first kappa shape index (κ1) is 7.82. The largest absolute Gasteiger partial charge is 0.393 e. The quantitative estimate of drug-likeness (QED) is 0.674. The van der Waals surface area contributed by atoms with Crippen molar-refractivity contribution in [2.24, 2.45) is 0 Å². The van der Waals surface area contributed by atoms with E-state index in [4.69, 9.17) is 9.57 Å². The molecule has 72 valence electrons. The molecule has 1 saturated heterocycles. The zero-order valence-corrected chi connectivity index (χ0v) is 7.59. The molecule has 1 aliphatic heterocycles. The summed E-state index contributed by atoms with van der Waals surface area (Å²) in [4.78, 5) is 7.02. The third-order valence-corrected chi connectivity index (χ3v) is 2.23. The van der Waals surface area contributed by atoms with E-state index in [0.717, 1.165) is 17.5 Å². The van der Waals surface area contributed by atoms with Gasteiger partial charge >= 0.3 is 0 Å². The van der Waals surface area contributed by atoms with Crippen molar-refractivity contribution in [2.75, 3.05) is 13.2 Å². The van der Waals surface area contributed by atoms with Crippen LogP contribution >= 0.6 is 0 Å². The molecular weight excluding hydrogens is 180 g/mol. The Morgan fingerprint density at radius 3 is 3.21 bits per heavy atom. The van der Waals surface area contributed by atoms with Gasteiger partial charge in [-0.25, -0.2) is 0 Å². The first-order valence-electron chi connectivity index (χ1n) is 4.61. The van der Waals surface area contributed by atoms with Crippen molar-refractivity contribution in [3.8, 4) is 0 Å². The van der Waals surface area contributed by atoms with Crippen molar-refractivity contribution < 1.29 is 9.57 Å². The van der Waals surface area contributed by atoms with Crippen LogP contribution in [0.15, 0.2) is 30.5 Å². The normalized spacial score (nSPS) is 19.9. The maximum absolute atomic E-state index is 5.46. The van der Waals surface area contributed by atoms with E-state index in [0.29, 0.717) is 6.61 Å². The molecule has 0 aliphatic carbocycles. The summed E-state index contributed by atoms with van der Waals surface area (Å²) in [5.41, 5.74) is 0.994. The lowest BCUT2D eigenvalue weighted by atomic mass is 10.3. The fraction of sp³-hybridized carbons (Fsp3) is 0.300. The number of ether oxygens (including phenoxy) is 1. The molecule has 4 nitrogen and oxygen atoms in total. The second-order valence-electron chi connectivity index (χ2n) is 3.33. The fourth-order valence-electron chi connectivity index (χ4n) is 1.37. The van der Waals surface area contributed by atoms with Crippen molar-refractivity contribution in [3.05, 3.63) is 30.5 Å². The van der Waals surface area contributed by atoms with Gasteiger partial charge in [0.1, 0.15) is 18.2 Å². The van der Waals surface area contributed by atoms with Crippen molar-refractivity contribution in [1.29, 1.82) is 0 Å². The summed E-state index contributed by atoms with van der Waals surface area (Å²) in [6, 6.07) is 7.95. The number of para-hydroxylation sites is 1. The average Bonchev–Trinajstić information content (AvgIpc) is 2.96. The topological polar surface area (TPSA) is 39.6 Å². The molecule has 0 amide bonds. The van der Waals surface area contributed by atoms with Crippen LogP contribution in [0.3, 0.4) is 0 Å². The van der Waals surface area contributed by atoms with E-state index >= 15 is 0 Å². The molecule has 1 unspecified atom stereocenters. The lowest BCUT2D eigenvalue weighted by molar-refractivity contribution is 0.0790.